The van der Waals surface area contributed by atoms with Crippen LogP contribution in [0.2, 0.25) is 0 Å². The fraction of sp³-hybridized carbons (Fsp3) is 0.538. The third-order valence-electron chi connectivity index (χ3n) is 3.24. The van der Waals surface area contributed by atoms with Gasteiger partial charge in [-0.15, -0.1) is 0 Å². The van der Waals surface area contributed by atoms with Crippen molar-refractivity contribution in [2.45, 2.75) is 25.7 Å². The number of rotatable bonds is 3. The molecule has 1 nitrogen and oxygen atoms in total. The van der Waals surface area contributed by atoms with Crippen LogP contribution < -0.4 is 4.90 Å². The molecule has 0 aromatic heterocycles. The van der Waals surface area contributed by atoms with Gasteiger partial charge in [-0.25, -0.2) is 0 Å². The van der Waals surface area contributed by atoms with Gasteiger partial charge in [0.2, 0.25) is 0 Å². The van der Waals surface area contributed by atoms with Gasteiger partial charge >= 0.3 is 0 Å². The molecule has 0 bridgehead atoms. The van der Waals surface area contributed by atoms with Crippen LogP contribution in [0.1, 0.15) is 24.8 Å². The van der Waals surface area contributed by atoms with Gasteiger partial charge in [-0.1, -0.05) is 28.1 Å². The molecular weight excluding hydrogens is 250 g/mol. The van der Waals surface area contributed by atoms with E-state index in [9.17, 15) is 0 Å². The van der Waals surface area contributed by atoms with Gasteiger partial charge in [0.05, 0.1) is 19.6 Å². The van der Waals surface area contributed by atoms with Gasteiger partial charge in [-0.2, -0.15) is 0 Å². The summed E-state index contributed by atoms with van der Waals surface area (Å²) >= 11 is 3.47. The molecule has 1 aliphatic rings. The fourth-order valence-corrected chi connectivity index (χ4v) is 2.54. The van der Waals surface area contributed by atoms with Crippen molar-refractivity contribution in [1.82, 2.24) is 0 Å². The first-order valence-corrected chi connectivity index (χ1v) is 6.72. The highest BCUT2D eigenvalue weighted by Crippen LogP contribution is 2.10. The zero-order chi connectivity index (χ0) is 10.5. The second-order valence-corrected chi connectivity index (χ2v) is 5.35. The number of nitrogens with one attached hydrogen (secondary N) is 1. The smallest absolute Gasteiger partial charge is 0.0811 e. The Balaban J connectivity index is 1.79. The summed E-state index contributed by atoms with van der Waals surface area (Å²) in [4.78, 5) is 1.80. The van der Waals surface area contributed by atoms with E-state index in [2.05, 4.69) is 40.2 Å². The summed E-state index contributed by atoms with van der Waals surface area (Å²) in [6, 6.07) is 8.74. The maximum absolute atomic E-state index is 3.47. The number of likely N-dealkylation sites (tertiary alicyclic amines) is 1. The summed E-state index contributed by atoms with van der Waals surface area (Å²) in [6.07, 6.45) is 5.52. The average Bonchev–Trinajstić information content (AvgIpc) is 2.30. The number of quaternary nitrogens is 1. The van der Waals surface area contributed by atoms with E-state index in [1.54, 1.807) is 4.90 Å². The summed E-state index contributed by atoms with van der Waals surface area (Å²) in [5.74, 6) is 0. The maximum atomic E-state index is 3.47. The zero-order valence-electron chi connectivity index (χ0n) is 9.14. The third-order valence-corrected chi connectivity index (χ3v) is 3.77. The van der Waals surface area contributed by atoms with E-state index in [1.165, 1.54) is 55.4 Å². The summed E-state index contributed by atoms with van der Waals surface area (Å²) in [6.45, 7) is 4.08. The number of hydrogen-bond donors (Lipinski definition) is 1. The highest BCUT2D eigenvalue weighted by atomic mass is 79.9. The molecule has 0 unspecified atom stereocenters. The van der Waals surface area contributed by atoms with E-state index in [0.29, 0.717) is 0 Å². The first-order chi connectivity index (χ1) is 7.34. The van der Waals surface area contributed by atoms with Gasteiger partial charge in [0.25, 0.3) is 0 Å². The first kappa shape index (κ1) is 11.2. The van der Waals surface area contributed by atoms with E-state index in [4.69, 9.17) is 0 Å². The Bertz CT molecular complexity index is 288. The molecule has 1 aromatic carbocycles. The van der Waals surface area contributed by atoms with E-state index < -0.39 is 0 Å². The Hall–Kier alpha value is -0.340. The molecule has 1 saturated heterocycles. The number of piperidine rings is 1. The number of halogens is 1. The lowest BCUT2D eigenvalue weighted by Gasteiger charge is -2.23. The van der Waals surface area contributed by atoms with Crippen molar-refractivity contribution in [1.29, 1.82) is 0 Å². The summed E-state index contributed by atoms with van der Waals surface area (Å²) < 4.78 is 1.18. The minimum atomic E-state index is 1.18. The van der Waals surface area contributed by atoms with Gasteiger partial charge in [0, 0.05) is 10.9 Å². The van der Waals surface area contributed by atoms with Gasteiger partial charge in [0.1, 0.15) is 0 Å². The second-order valence-electron chi connectivity index (χ2n) is 4.44. The van der Waals surface area contributed by atoms with E-state index in [0.717, 1.165) is 0 Å². The van der Waals surface area contributed by atoms with E-state index >= 15 is 0 Å². The van der Waals surface area contributed by atoms with Crippen molar-refractivity contribution in [3.8, 4) is 0 Å². The quantitative estimate of drug-likeness (QED) is 0.856. The molecule has 0 amide bonds. The van der Waals surface area contributed by atoms with Gasteiger partial charge in [-0.3, -0.25) is 0 Å². The minimum Gasteiger partial charge on any atom is -0.335 e. The van der Waals surface area contributed by atoms with Crippen LogP contribution in [0.5, 0.6) is 0 Å². The van der Waals surface area contributed by atoms with Crippen molar-refractivity contribution in [2.75, 3.05) is 19.6 Å². The summed E-state index contributed by atoms with van der Waals surface area (Å²) in [5, 5.41) is 0. The molecule has 1 heterocycles. The van der Waals surface area contributed by atoms with Crippen LogP contribution >= 0.6 is 15.9 Å². The van der Waals surface area contributed by atoms with Crippen molar-refractivity contribution >= 4 is 15.9 Å². The van der Waals surface area contributed by atoms with Crippen molar-refractivity contribution < 1.29 is 4.90 Å². The summed E-state index contributed by atoms with van der Waals surface area (Å²) in [5.41, 5.74) is 1.47. The molecule has 0 spiro atoms. The molecule has 15 heavy (non-hydrogen) atoms. The topological polar surface area (TPSA) is 4.44 Å². The lowest BCUT2D eigenvalue weighted by atomic mass is 10.1. The van der Waals surface area contributed by atoms with Gasteiger partial charge in [0.15, 0.2) is 0 Å². The monoisotopic (exact) mass is 268 g/mol. The largest absolute Gasteiger partial charge is 0.335 e. The molecule has 1 aromatic rings. The second kappa shape index (κ2) is 5.66. The van der Waals surface area contributed by atoms with Crippen LogP contribution in [0, 0.1) is 0 Å². The Morgan fingerprint density at radius 1 is 1.00 bits per heavy atom. The predicted molar refractivity (Wildman–Crippen MR) is 67.3 cm³/mol. The van der Waals surface area contributed by atoms with Crippen LogP contribution in [0.25, 0.3) is 0 Å². The molecule has 1 N–H and O–H groups in total. The molecule has 0 saturated carbocycles. The number of benzene rings is 1. The molecule has 0 aliphatic carbocycles. The third kappa shape index (κ3) is 3.62. The van der Waals surface area contributed by atoms with Crippen LogP contribution in [-0.2, 0) is 6.42 Å². The normalized spacial score (nSPS) is 17.9. The Labute approximate surface area is 101 Å². The van der Waals surface area contributed by atoms with Gasteiger partial charge < -0.3 is 4.90 Å². The standard InChI is InChI=1S/C13H18BrN/c14-13-6-4-12(5-7-13)8-11-15-9-2-1-3-10-15/h4-7H,1-3,8-11H2/p+1. The Morgan fingerprint density at radius 2 is 1.67 bits per heavy atom. The van der Waals surface area contributed by atoms with Crippen molar-refractivity contribution in [3.05, 3.63) is 34.3 Å². The highest BCUT2D eigenvalue weighted by Gasteiger charge is 2.12. The molecular formula is C13H19BrN+. The molecule has 1 aliphatic heterocycles. The molecule has 1 fully saturated rings. The molecule has 2 rings (SSSR count). The molecule has 2 heteroatoms. The maximum Gasteiger partial charge on any atom is 0.0811 e. The SMILES string of the molecule is Brc1ccc(CC[NH+]2CCCCC2)cc1. The van der Waals surface area contributed by atoms with Crippen LogP contribution in [0.3, 0.4) is 0 Å². The minimum absolute atomic E-state index is 1.18. The van der Waals surface area contributed by atoms with Crippen molar-refractivity contribution in [2.24, 2.45) is 0 Å². The van der Waals surface area contributed by atoms with Gasteiger partial charge in [-0.05, 0) is 37.0 Å². The van der Waals surface area contributed by atoms with E-state index in [-0.39, 0.29) is 0 Å². The van der Waals surface area contributed by atoms with Crippen molar-refractivity contribution in [3.63, 3.8) is 0 Å². The highest BCUT2D eigenvalue weighted by molar-refractivity contribution is 9.10. The van der Waals surface area contributed by atoms with Crippen LogP contribution in [0.15, 0.2) is 28.7 Å². The van der Waals surface area contributed by atoms with Crippen LogP contribution in [0.4, 0.5) is 0 Å². The van der Waals surface area contributed by atoms with Crippen LogP contribution in [-0.4, -0.2) is 19.6 Å². The predicted octanol–water partition coefficient (Wildman–Crippen LogP) is 2.06. The lowest BCUT2D eigenvalue weighted by molar-refractivity contribution is -0.904. The molecule has 0 radical (unpaired) electrons. The Morgan fingerprint density at radius 3 is 2.33 bits per heavy atom. The fourth-order valence-electron chi connectivity index (χ4n) is 2.27. The molecule has 82 valence electrons. The average molecular weight is 269 g/mol. The number of hydrogen-bond acceptors (Lipinski definition) is 0. The first-order valence-electron chi connectivity index (χ1n) is 5.92. The zero-order valence-corrected chi connectivity index (χ0v) is 10.7. The Kier molecular flexibility index (Phi) is 4.21. The van der Waals surface area contributed by atoms with E-state index in [1.807, 2.05) is 0 Å². The lowest BCUT2D eigenvalue weighted by Crippen LogP contribution is -3.13. The summed E-state index contributed by atoms with van der Waals surface area (Å²) in [7, 11) is 0. The molecule has 0 atom stereocenters.